The summed E-state index contributed by atoms with van der Waals surface area (Å²) in [6.07, 6.45) is 4.84. The molecule has 0 saturated carbocycles. The molecule has 1 fully saturated rings. The lowest BCUT2D eigenvalue weighted by Gasteiger charge is -2.39. The van der Waals surface area contributed by atoms with Gasteiger partial charge >= 0.3 is 0 Å². The topological polar surface area (TPSA) is 121 Å². The number of carbonyl (C=O) groups excluding carboxylic acids is 1. The van der Waals surface area contributed by atoms with Crippen molar-refractivity contribution in [1.29, 1.82) is 0 Å². The van der Waals surface area contributed by atoms with E-state index < -0.39 is 0 Å². The molecule has 3 aromatic rings. The van der Waals surface area contributed by atoms with Crippen molar-refractivity contribution in [3.05, 3.63) is 51.7 Å². The SMILES string of the molecule is Nc1nc2c(c(=O)[nH]1)CCC21CCN(C(=O)c2ccc3nc[nH]c3c2)CC1. The summed E-state index contributed by atoms with van der Waals surface area (Å²) in [6, 6.07) is 5.53. The van der Waals surface area contributed by atoms with Crippen LogP contribution in [0.4, 0.5) is 5.95 Å². The molecule has 4 N–H and O–H groups in total. The van der Waals surface area contributed by atoms with Crippen molar-refractivity contribution in [1.82, 2.24) is 24.8 Å². The molecule has 3 heterocycles. The number of aromatic nitrogens is 4. The molecule has 8 nitrogen and oxygen atoms in total. The molecule has 0 radical (unpaired) electrons. The number of nitrogens with zero attached hydrogens (tertiary/aromatic N) is 3. The van der Waals surface area contributed by atoms with E-state index in [0.717, 1.165) is 48.0 Å². The second-order valence-electron chi connectivity index (χ2n) is 7.49. The van der Waals surface area contributed by atoms with Crippen LogP contribution < -0.4 is 11.3 Å². The lowest BCUT2D eigenvalue weighted by Crippen LogP contribution is -2.44. The second-order valence-corrected chi connectivity index (χ2v) is 7.49. The van der Waals surface area contributed by atoms with E-state index in [9.17, 15) is 9.59 Å². The van der Waals surface area contributed by atoms with Gasteiger partial charge in [-0.3, -0.25) is 14.6 Å². The predicted molar refractivity (Wildman–Crippen MR) is 101 cm³/mol. The van der Waals surface area contributed by atoms with Crippen molar-refractivity contribution in [3.63, 3.8) is 0 Å². The van der Waals surface area contributed by atoms with Crippen molar-refractivity contribution in [2.75, 3.05) is 18.8 Å². The number of nitrogens with two attached hydrogens (primary N) is 1. The molecule has 1 saturated heterocycles. The smallest absolute Gasteiger partial charge is 0.255 e. The van der Waals surface area contributed by atoms with Crippen LogP contribution in [-0.2, 0) is 11.8 Å². The summed E-state index contributed by atoms with van der Waals surface area (Å²) in [4.78, 5) is 41.2. The number of amides is 1. The fourth-order valence-electron chi connectivity index (χ4n) is 4.54. The fourth-order valence-corrected chi connectivity index (χ4v) is 4.54. The van der Waals surface area contributed by atoms with E-state index in [2.05, 4.69) is 19.9 Å². The number of fused-ring (bicyclic) bond motifs is 3. The van der Waals surface area contributed by atoms with Gasteiger partial charge in [-0.05, 0) is 43.9 Å². The van der Waals surface area contributed by atoms with E-state index in [-0.39, 0.29) is 22.8 Å². The van der Waals surface area contributed by atoms with E-state index in [1.54, 1.807) is 6.33 Å². The highest BCUT2D eigenvalue weighted by Gasteiger charge is 2.44. The molecular formula is C19H20N6O2. The van der Waals surface area contributed by atoms with Gasteiger partial charge in [0.05, 0.1) is 23.1 Å². The number of imidazole rings is 1. The van der Waals surface area contributed by atoms with Gasteiger partial charge in [0.15, 0.2) is 0 Å². The lowest BCUT2D eigenvalue weighted by molar-refractivity contribution is 0.0663. The third-order valence-corrected chi connectivity index (χ3v) is 6.06. The first-order valence-electron chi connectivity index (χ1n) is 9.17. The Morgan fingerprint density at radius 2 is 2.04 bits per heavy atom. The van der Waals surface area contributed by atoms with Gasteiger partial charge in [-0.25, -0.2) is 9.97 Å². The molecule has 0 bridgehead atoms. The first kappa shape index (κ1) is 16.0. The highest BCUT2D eigenvalue weighted by Crippen LogP contribution is 2.44. The maximum absolute atomic E-state index is 12.9. The zero-order valence-corrected chi connectivity index (χ0v) is 14.8. The lowest BCUT2D eigenvalue weighted by atomic mass is 9.76. The Morgan fingerprint density at radius 3 is 2.85 bits per heavy atom. The van der Waals surface area contributed by atoms with Crippen LogP contribution in [0.1, 0.15) is 40.9 Å². The zero-order valence-electron chi connectivity index (χ0n) is 14.8. The number of piperidine rings is 1. The number of rotatable bonds is 1. The summed E-state index contributed by atoms with van der Waals surface area (Å²) >= 11 is 0. The van der Waals surface area contributed by atoms with Crippen LogP contribution in [0.15, 0.2) is 29.3 Å². The van der Waals surface area contributed by atoms with E-state index in [1.165, 1.54) is 0 Å². The summed E-state index contributed by atoms with van der Waals surface area (Å²) in [5, 5.41) is 0. The Hall–Kier alpha value is -3.16. The molecule has 5 rings (SSSR count). The number of anilines is 1. The minimum Gasteiger partial charge on any atom is -0.369 e. The Morgan fingerprint density at radius 1 is 1.22 bits per heavy atom. The van der Waals surface area contributed by atoms with E-state index >= 15 is 0 Å². The Balaban J connectivity index is 1.38. The zero-order chi connectivity index (χ0) is 18.6. The van der Waals surface area contributed by atoms with Crippen LogP contribution in [-0.4, -0.2) is 43.8 Å². The van der Waals surface area contributed by atoms with Crippen LogP contribution in [0.2, 0.25) is 0 Å². The second kappa shape index (κ2) is 5.67. The van der Waals surface area contributed by atoms with Gasteiger partial charge in [-0.2, -0.15) is 0 Å². The standard InChI is InChI=1S/C19H20N6O2/c20-18-23-15-12(16(26)24-18)3-4-19(15)5-7-25(8-6-19)17(27)11-1-2-13-14(9-11)22-10-21-13/h1-2,9-10H,3-8H2,(H,21,22)(H3,20,23,24,26). The van der Waals surface area contributed by atoms with Crippen LogP contribution in [0.25, 0.3) is 11.0 Å². The number of carbonyl (C=O) groups is 1. The number of likely N-dealkylation sites (tertiary alicyclic amines) is 1. The van der Waals surface area contributed by atoms with Gasteiger partial charge in [-0.15, -0.1) is 0 Å². The fraction of sp³-hybridized carbons (Fsp3) is 0.368. The molecule has 2 aromatic heterocycles. The van der Waals surface area contributed by atoms with Crippen molar-refractivity contribution >= 4 is 22.9 Å². The van der Waals surface area contributed by atoms with Gasteiger partial charge < -0.3 is 15.6 Å². The van der Waals surface area contributed by atoms with E-state index in [1.807, 2.05) is 23.1 Å². The molecule has 0 unspecified atom stereocenters. The normalized spacial score (nSPS) is 18.1. The maximum Gasteiger partial charge on any atom is 0.255 e. The third-order valence-electron chi connectivity index (χ3n) is 6.06. The van der Waals surface area contributed by atoms with Crippen molar-refractivity contribution in [2.24, 2.45) is 0 Å². The number of hydrogen-bond donors (Lipinski definition) is 3. The molecule has 1 amide bonds. The first-order valence-corrected chi connectivity index (χ1v) is 9.17. The minimum atomic E-state index is -0.137. The predicted octanol–water partition coefficient (Wildman–Crippen LogP) is 1.35. The molecule has 27 heavy (non-hydrogen) atoms. The van der Waals surface area contributed by atoms with Crippen LogP contribution in [0.3, 0.4) is 0 Å². The molecule has 1 aromatic carbocycles. The Labute approximate surface area is 154 Å². The third kappa shape index (κ3) is 2.43. The molecule has 1 spiro atoms. The van der Waals surface area contributed by atoms with Gasteiger partial charge in [0.25, 0.3) is 11.5 Å². The van der Waals surface area contributed by atoms with Crippen LogP contribution in [0, 0.1) is 0 Å². The summed E-state index contributed by atoms with van der Waals surface area (Å²) in [7, 11) is 0. The highest BCUT2D eigenvalue weighted by atomic mass is 16.2. The maximum atomic E-state index is 12.9. The van der Waals surface area contributed by atoms with Crippen LogP contribution >= 0.6 is 0 Å². The van der Waals surface area contributed by atoms with Gasteiger partial charge in [0.2, 0.25) is 5.95 Å². The summed E-state index contributed by atoms with van der Waals surface area (Å²) in [5.41, 5.74) is 9.48. The number of nitrogens with one attached hydrogen (secondary N) is 2. The van der Waals surface area contributed by atoms with Crippen LogP contribution in [0.5, 0.6) is 0 Å². The number of H-pyrrole nitrogens is 2. The van der Waals surface area contributed by atoms with Gasteiger partial charge in [0.1, 0.15) is 0 Å². The Kier molecular flexibility index (Phi) is 3.37. The average molecular weight is 364 g/mol. The summed E-state index contributed by atoms with van der Waals surface area (Å²) in [6.45, 7) is 1.29. The number of benzene rings is 1. The van der Waals surface area contributed by atoms with Crippen molar-refractivity contribution in [2.45, 2.75) is 31.1 Å². The Bertz CT molecular complexity index is 1110. The largest absolute Gasteiger partial charge is 0.369 e. The molecule has 1 aliphatic carbocycles. The molecule has 0 atom stereocenters. The van der Waals surface area contributed by atoms with Gasteiger partial charge in [-0.1, -0.05) is 0 Å². The number of aromatic amines is 2. The summed E-state index contributed by atoms with van der Waals surface area (Å²) in [5.74, 6) is 0.198. The summed E-state index contributed by atoms with van der Waals surface area (Å²) < 4.78 is 0. The molecule has 1 aliphatic heterocycles. The van der Waals surface area contributed by atoms with Gasteiger partial charge in [0, 0.05) is 29.6 Å². The molecular weight excluding hydrogens is 344 g/mol. The molecule has 8 heteroatoms. The highest BCUT2D eigenvalue weighted by molar-refractivity contribution is 5.97. The number of nitrogen functional groups attached to an aromatic ring is 1. The quantitative estimate of drug-likeness (QED) is 0.602. The van der Waals surface area contributed by atoms with Crippen molar-refractivity contribution in [3.8, 4) is 0 Å². The molecule has 2 aliphatic rings. The first-order chi connectivity index (χ1) is 13.1. The number of hydrogen-bond acceptors (Lipinski definition) is 5. The monoisotopic (exact) mass is 364 g/mol. The minimum absolute atomic E-state index is 0.0259. The van der Waals surface area contributed by atoms with Crippen molar-refractivity contribution < 1.29 is 4.79 Å². The molecule has 138 valence electrons. The van der Waals surface area contributed by atoms with E-state index in [0.29, 0.717) is 18.7 Å². The average Bonchev–Trinajstić information content (AvgIpc) is 3.27. The van der Waals surface area contributed by atoms with E-state index in [4.69, 9.17) is 5.73 Å².